The van der Waals surface area contributed by atoms with Gasteiger partial charge in [0.1, 0.15) is 22.9 Å². The Bertz CT molecular complexity index is 1310. The van der Waals surface area contributed by atoms with Gasteiger partial charge in [-0.15, -0.1) is 11.3 Å². The molecule has 8 nitrogen and oxygen atoms in total. The molecule has 0 bridgehead atoms. The fourth-order valence-corrected chi connectivity index (χ4v) is 5.11. The number of thiophene rings is 1. The number of urea groups is 1. The van der Waals surface area contributed by atoms with Gasteiger partial charge in [-0.3, -0.25) is 14.5 Å². The molecule has 1 aliphatic heterocycles. The van der Waals surface area contributed by atoms with Gasteiger partial charge in [-0.25, -0.2) is 14.0 Å². The van der Waals surface area contributed by atoms with Crippen LogP contribution >= 0.6 is 11.3 Å². The molecule has 1 aliphatic rings. The summed E-state index contributed by atoms with van der Waals surface area (Å²) in [7, 11) is 0. The number of imide groups is 1. The highest BCUT2D eigenvalue weighted by molar-refractivity contribution is 7.20. The van der Waals surface area contributed by atoms with Crippen molar-refractivity contribution in [1.82, 2.24) is 10.2 Å². The van der Waals surface area contributed by atoms with Crippen molar-refractivity contribution in [3.63, 3.8) is 0 Å². The van der Waals surface area contributed by atoms with Gasteiger partial charge in [0, 0.05) is 4.88 Å². The second-order valence-corrected chi connectivity index (χ2v) is 9.13. The molecule has 0 aliphatic carbocycles. The van der Waals surface area contributed by atoms with E-state index in [2.05, 4.69) is 10.6 Å². The van der Waals surface area contributed by atoms with E-state index >= 15 is 0 Å². The molecule has 1 atom stereocenters. The summed E-state index contributed by atoms with van der Waals surface area (Å²) in [6, 6.07) is 15.5. The maximum atomic E-state index is 13.4. The first kappa shape index (κ1) is 25.1. The number of hydrogen-bond acceptors (Lipinski definition) is 6. The standard InChI is InChI=1S/C26H24FN3O5S/c1-3-26(17-10-12-18(27)13-11-17)24(33)30(25(34)29-26)15-21(31)28-22-19(23(32)35-4-2)14-20(36-22)16-8-6-5-7-9-16/h5-14H,3-4,15H2,1-2H3,(H,28,31)(H,29,34)/t26-/m0/s1. The topological polar surface area (TPSA) is 105 Å². The number of carbonyl (C=O) groups is 4. The van der Waals surface area contributed by atoms with E-state index in [0.29, 0.717) is 5.56 Å². The fourth-order valence-electron chi connectivity index (χ4n) is 4.04. The highest BCUT2D eigenvalue weighted by Crippen LogP contribution is 2.36. The third-order valence-corrected chi connectivity index (χ3v) is 6.98. The summed E-state index contributed by atoms with van der Waals surface area (Å²) in [5, 5.41) is 5.57. The Morgan fingerprint density at radius 1 is 1.08 bits per heavy atom. The molecular weight excluding hydrogens is 485 g/mol. The zero-order chi connectivity index (χ0) is 25.9. The molecule has 0 unspecified atom stereocenters. The molecule has 10 heteroatoms. The summed E-state index contributed by atoms with van der Waals surface area (Å²) < 4.78 is 18.5. The van der Waals surface area contributed by atoms with Crippen LogP contribution in [0, 0.1) is 5.82 Å². The van der Waals surface area contributed by atoms with Crippen LogP contribution < -0.4 is 10.6 Å². The van der Waals surface area contributed by atoms with Crippen LogP contribution in [0.15, 0.2) is 60.7 Å². The number of amides is 4. The fraction of sp³-hybridized carbons (Fsp3) is 0.231. The molecule has 2 N–H and O–H groups in total. The third kappa shape index (κ3) is 4.72. The Balaban J connectivity index is 1.56. The Labute approximate surface area is 211 Å². The summed E-state index contributed by atoms with van der Waals surface area (Å²) in [4.78, 5) is 53.0. The van der Waals surface area contributed by atoms with Gasteiger partial charge in [0.05, 0.1) is 12.2 Å². The highest BCUT2D eigenvalue weighted by Gasteiger charge is 2.51. The van der Waals surface area contributed by atoms with Crippen molar-refractivity contribution in [1.29, 1.82) is 0 Å². The second-order valence-electron chi connectivity index (χ2n) is 8.08. The number of hydrogen-bond donors (Lipinski definition) is 2. The van der Waals surface area contributed by atoms with E-state index in [4.69, 9.17) is 4.74 Å². The van der Waals surface area contributed by atoms with E-state index in [1.165, 1.54) is 35.6 Å². The quantitative estimate of drug-likeness (QED) is 0.343. The molecule has 0 spiro atoms. The minimum atomic E-state index is -1.40. The van der Waals surface area contributed by atoms with Crippen LogP contribution in [0.5, 0.6) is 0 Å². The normalized spacial score (nSPS) is 17.1. The second kappa shape index (κ2) is 10.3. The van der Waals surface area contributed by atoms with Crippen molar-refractivity contribution in [2.24, 2.45) is 0 Å². The monoisotopic (exact) mass is 509 g/mol. The van der Waals surface area contributed by atoms with Gasteiger partial charge in [0.15, 0.2) is 0 Å². The summed E-state index contributed by atoms with van der Waals surface area (Å²) in [5.41, 5.74) is 0.0584. The van der Waals surface area contributed by atoms with Crippen LogP contribution in [0.4, 0.5) is 14.2 Å². The van der Waals surface area contributed by atoms with Gasteiger partial charge in [-0.2, -0.15) is 0 Å². The third-order valence-electron chi connectivity index (χ3n) is 5.88. The average molecular weight is 510 g/mol. The molecule has 1 aromatic heterocycles. The molecule has 36 heavy (non-hydrogen) atoms. The SMILES string of the molecule is CCOC(=O)c1cc(-c2ccccc2)sc1NC(=O)CN1C(=O)N[C@@](CC)(c2ccc(F)cc2)C1=O. The number of ether oxygens (including phenoxy) is 1. The highest BCUT2D eigenvalue weighted by atomic mass is 32.1. The van der Waals surface area contributed by atoms with Gasteiger partial charge in [-0.05, 0) is 42.7 Å². The number of carbonyl (C=O) groups excluding carboxylic acids is 4. The zero-order valence-corrected chi connectivity index (χ0v) is 20.5. The van der Waals surface area contributed by atoms with Crippen molar-refractivity contribution in [3.8, 4) is 10.4 Å². The number of nitrogens with one attached hydrogen (secondary N) is 2. The van der Waals surface area contributed by atoms with Crippen LogP contribution in [0.2, 0.25) is 0 Å². The first-order valence-electron chi connectivity index (χ1n) is 11.4. The maximum absolute atomic E-state index is 13.4. The van der Waals surface area contributed by atoms with E-state index in [1.54, 1.807) is 19.9 Å². The van der Waals surface area contributed by atoms with Gasteiger partial charge >= 0.3 is 12.0 Å². The predicted molar refractivity (Wildman–Crippen MR) is 133 cm³/mol. The molecule has 4 rings (SSSR count). The largest absolute Gasteiger partial charge is 0.462 e. The number of esters is 1. The van der Waals surface area contributed by atoms with Crippen LogP contribution in [-0.2, 0) is 19.9 Å². The first-order chi connectivity index (χ1) is 17.3. The van der Waals surface area contributed by atoms with Gasteiger partial charge in [-0.1, -0.05) is 49.4 Å². The lowest BCUT2D eigenvalue weighted by Crippen LogP contribution is -2.44. The van der Waals surface area contributed by atoms with E-state index in [-0.39, 0.29) is 23.6 Å². The van der Waals surface area contributed by atoms with Crippen molar-refractivity contribution >= 4 is 40.2 Å². The smallest absolute Gasteiger partial charge is 0.341 e. The molecular formula is C26H24FN3O5S. The molecule has 1 saturated heterocycles. The first-order valence-corrected chi connectivity index (χ1v) is 12.2. The molecule has 0 radical (unpaired) electrons. The van der Waals surface area contributed by atoms with Gasteiger partial charge < -0.3 is 15.4 Å². The Morgan fingerprint density at radius 2 is 1.78 bits per heavy atom. The Hall–Kier alpha value is -4.05. The number of halogens is 1. The van der Waals surface area contributed by atoms with Gasteiger partial charge in [0.2, 0.25) is 5.91 Å². The molecule has 4 amide bonds. The lowest BCUT2D eigenvalue weighted by molar-refractivity contribution is -0.134. The number of benzene rings is 2. The van der Waals surface area contributed by atoms with E-state index in [1.807, 2.05) is 30.3 Å². The Morgan fingerprint density at radius 3 is 2.42 bits per heavy atom. The summed E-state index contributed by atoms with van der Waals surface area (Å²) in [5.74, 6) is -2.33. The van der Waals surface area contributed by atoms with Crippen molar-refractivity contribution in [3.05, 3.63) is 77.6 Å². The van der Waals surface area contributed by atoms with Crippen molar-refractivity contribution in [2.45, 2.75) is 25.8 Å². The summed E-state index contributed by atoms with van der Waals surface area (Å²) in [6.45, 7) is 2.99. The zero-order valence-electron chi connectivity index (χ0n) is 19.7. The lowest BCUT2D eigenvalue weighted by atomic mass is 9.87. The van der Waals surface area contributed by atoms with E-state index in [9.17, 15) is 23.6 Å². The van der Waals surface area contributed by atoms with Gasteiger partial charge in [0.25, 0.3) is 5.91 Å². The summed E-state index contributed by atoms with van der Waals surface area (Å²) >= 11 is 1.18. The van der Waals surface area contributed by atoms with Crippen LogP contribution in [0.1, 0.15) is 36.2 Å². The van der Waals surface area contributed by atoms with E-state index in [0.717, 1.165) is 15.3 Å². The van der Waals surface area contributed by atoms with Crippen molar-refractivity contribution in [2.75, 3.05) is 18.5 Å². The molecule has 3 aromatic rings. The minimum Gasteiger partial charge on any atom is -0.462 e. The predicted octanol–water partition coefficient (Wildman–Crippen LogP) is 4.53. The number of anilines is 1. The van der Waals surface area contributed by atoms with Crippen LogP contribution in [0.3, 0.4) is 0 Å². The molecule has 2 heterocycles. The molecule has 2 aromatic carbocycles. The average Bonchev–Trinajstić information content (AvgIpc) is 3.40. The van der Waals surface area contributed by atoms with E-state index < -0.39 is 41.7 Å². The van der Waals surface area contributed by atoms with Crippen LogP contribution in [-0.4, -0.2) is 41.9 Å². The maximum Gasteiger partial charge on any atom is 0.341 e. The van der Waals surface area contributed by atoms with Crippen LogP contribution in [0.25, 0.3) is 10.4 Å². The molecule has 0 saturated carbocycles. The minimum absolute atomic E-state index is 0.160. The van der Waals surface area contributed by atoms with Crippen molar-refractivity contribution < 1.29 is 28.3 Å². The number of rotatable bonds is 8. The lowest BCUT2D eigenvalue weighted by Gasteiger charge is -2.25. The Kier molecular flexibility index (Phi) is 7.16. The summed E-state index contributed by atoms with van der Waals surface area (Å²) in [6.07, 6.45) is 0.208. The molecule has 186 valence electrons. The molecule has 1 fully saturated rings. The number of nitrogens with zero attached hydrogens (tertiary/aromatic N) is 1.